The minimum absolute atomic E-state index is 0.00821. The zero-order chi connectivity index (χ0) is 18.0. The van der Waals surface area contributed by atoms with Gasteiger partial charge in [-0.15, -0.1) is 0 Å². The molecule has 3 rings (SSSR count). The first-order valence-corrected chi connectivity index (χ1v) is 8.15. The van der Waals surface area contributed by atoms with Crippen molar-refractivity contribution in [1.29, 1.82) is 0 Å². The summed E-state index contributed by atoms with van der Waals surface area (Å²) in [6.07, 6.45) is 1.69. The lowest BCUT2D eigenvalue weighted by Gasteiger charge is -2.17. The Kier molecular flexibility index (Phi) is 4.57. The zero-order valence-corrected chi connectivity index (χ0v) is 14.6. The maximum absolute atomic E-state index is 12.7. The number of aryl methyl sites for hydroxylation is 1. The summed E-state index contributed by atoms with van der Waals surface area (Å²) in [5, 5.41) is 3.73. The van der Waals surface area contributed by atoms with Gasteiger partial charge in [-0.25, -0.2) is 0 Å². The Labute approximate surface area is 146 Å². The van der Waals surface area contributed by atoms with Gasteiger partial charge in [0.1, 0.15) is 0 Å². The molecule has 5 nitrogen and oxygen atoms in total. The highest BCUT2D eigenvalue weighted by Crippen LogP contribution is 2.20. The van der Waals surface area contributed by atoms with Gasteiger partial charge in [0.25, 0.3) is 5.91 Å². The summed E-state index contributed by atoms with van der Waals surface area (Å²) in [4.78, 5) is 29.5. The van der Waals surface area contributed by atoms with E-state index < -0.39 is 0 Å². The van der Waals surface area contributed by atoms with Crippen LogP contribution >= 0.6 is 0 Å². The van der Waals surface area contributed by atoms with E-state index in [4.69, 9.17) is 0 Å². The van der Waals surface area contributed by atoms with Crippen LogP contribution in [0, 0.1) is 13.8 Å². The standard InChI is InChI=1S/C20H21N3O2/c1-13-7-6-10-17(14(13)2)22-19(24)12-23(3)20(25)16-11-21-18-9-5-4-8-15(16)18/h4-11,21H,12H2,1-3H3,(H,22,24). The van der Waals surface area contributed by atoms with Crippen molar-refractivity contribution in [3.63, 3.8) is 0 Å². The molecule has 0 saturated heterocycles. The topological polar surface area (TPSA) is 65.2 Å². The number of amides is 2. The molecule has 3 aromatic rings. The van der Waals surface area contributed by atoms with Gasteiger partial charge in [0.15, 0.2) is 0 Å². The van der Waals surface area contributed by atoms with Crippen LogP contribution in [0.3, 0.4) is 0 Å². The molecule has 2 aromatic carbocycles. The van der Waals surface area contributed by atoms with Crippen molar-refractivity contribution >= 4 is 28.4 Å². The monoisotopic (exact) mass is 335 g/mol. The number of carbonyl (C=O) groups is 2. The molecular weight excluding hydrogens is 314 g/mol. The highest BCUT2D eigenvalue weighted by atomic mass is 16.2. The number of para-hydroxylation sites is 1. The quantitative estimate of drug-likeness (QED) is 0.766. The smallest absolute Gasteiger partial charge is 0.256 e. The second-order valence-corrected chi connectivity index (χ2v) is 6.20. The molecule has 25 heavy (non-hydrogen) atoms. The van der Waals surface area contributed by atoms with Crippen molar-refractivity contribution in [3.05, 3.63) is 65.4 Å². The van der Waals surface area contributed by atoms with Crippen molar-refractivity contribution in [2.75, 3.05) is 18.9 Å². The summed E-state index contributed by atoms with van der Waals surface area (Å²) in [7, 11) is 1.63. The molecule has 0 bridgehead atoms. The van der Waals surface area contributed by atoms with Crippen LogP contribution in [-0.4, -0.2) is 35.3 Å². The largest absolute Gasteiger partial charge is 0.360 e. The summed E-state index contributed by atoms with van der Waals surface area (Å²) >= 11 is 0. The lowest BCUT2D eigenvalue weighted by Crippen LogP contribution is -2.35. The number of H-pyrrole nitrogens is 1. The average Bonchev–Trinajstić information content (AvgIpc) is 3.02. The van der Waals surface area contributed by atoms with Crippen molar-refractivity contribution in [2.24, 2.45) is 0 Å². The number of aromatic amines is 1. The average molecular weight is 335 g/mol. The Bertz CT molecular complexity index is 943. The molecule has 0 spiro atoms. The fraction of sp³-hybridized carbons (Fsp3) is 0.200. The van der Waals surface area contributed by atoms with Crippen LogP contribution in [0.25, 0.3) is 10.9 Å². The number of benzene rings is 2. The lowest BCUT2D eigenvalue weighted by molar-refractivity contribution is -0.116. The highest BCUT2D eigenvalue weighted by Gasteiger charge is 2.18. The van der Waals surface area contributed by atoms with Gasteiger partial charge in [0.2, 0.25) is 5.91 Å². The summed E-state index contributed by atoms with van der Waals surface area (Å²) in [5.41, 5.74) is 4.39. The molecule has 1 aromatic heterocycles. The van der Waals surface area contributed by atoms with Gasteiger partial charge < -0.3 is 15.2 Å². The molecule has 0 aliphatic carbocycles. The number of carbonyl (C=O) groups excluding carboxylic acids is 2. The van der Waals surface area contributed by atoms with Gasteiger partial charge in [-0.1, -0.05) is 30.3 Å². The van der Waals surface area contributed by atoms with Crippen LogP contribution in [0.1, 0.15) is 21.5 Å². The van der Waals surface area contributed by atoms with Crippen molar-refractivity contribution in [2.45, 2.75) is 13.8 Å². The van der Waals surface area contributed by atoms with E-state index in [0.717, 1.165) is 27.7 Å². The van der Waals surface area contributed by atoms with Crippen LogP contribution in [0.15, 0.2) is 48.7 Å². The highest BCUT2D eigenvalue weighted by molar-refractivity contribution is 6.08. The SMILES string of the molecule is Cc1cccc(NC(=O)CN(C)C(=O)c2c[nH]c3ccccc23)c1C. The molecule has 2 N–H and O–H groups in total. The molecule has 0 aliphatic heterocycles. The number of hydrogen-bond acceptors (Lipinski definition) is 2. The van der Waals surface area contributed by atoms with E-state index in [0.29, 0.717) is 5.56 Å². The molecule has 0 fully saturated rings. The molecule has 2 amide bonds. The Hall–Kier alpha value is -3.08. The Balaban J connectivity index is 1.71. The fourth-order valence-corrected chi connectivity index (χ4v) is 2.82. The number of fused-ring (bicyclic) bond motifs is 1. The van der Waals surface area contributed by atoms with Crippen molar-refractivity contribution < 1.29 is 9.59 Å². The van der Waals surface area contributed by atoms with Gasteiger partial charge >= 0.3 is 0 Å². The second-order valence-electron chi connectivity index (χ2n) is 6.20. The summed E-state index contributed by atoms with van der Waals surface area (Å²) in [5.74, 6) is -0.405. The van der Waals surface area contributed by atoms with Gasteiger partial charge in [-0.05, 0) is 37.1 Å². The van der Waals surface area contributed by atoms with Gasteiger partial charge in [-0.3, -0.25) is 9.59 Å². The first kappa shape index (κ1) is 16.8. The third-order valence-corrected chi connectivity index (χ3v) is 4.43. The molecular formula is C20H21N3O2. The molecule has 0 atom stereocenters. The zero-order valence-electron chi connectivity index (χ0n) is 14.6. The third kappa shape index (κ3) is 3.40. The van der Waals surface area contributed by atoms with E-state index in [-0.39, 0.29) is 18.4 Å². The Morgan fingerprint density at radius 1 is 1.08 bits per heavy atom. The number of likely N-dealkylation sites (N-methyl/N-ethyl adjacent to an activating group) is 1. The van der Waals surface area contributed by atoms with Gasteiger partial charge in [0, 0.05) is 29.8 Å². The van der Waals surface area contributed by atoms with Crippen LogP contribution in [0.5, 0.6) is 0 Å². The molecule has 0 radical (unpaired) electrons. The molecule has 1 heterocycles. The summed E-state index contributed by atoms with van der Waals surface area (Å²) < 4.78 is 0. The van der Waals surface area contributed by atoms with E-state index >= 15 is 0 Å². The molecule has 0 unspecified atom stereocenters. The predicted molar refractivity (Wildman–Crippen MR) is 99.8 cm³/mol. The molecule has 0 aliphatic rings. The fourth-order valence-electron chi connectivity index (χ4n) is 2.82. The van der Waals surface area contributed by atoms with E-state index in [1.165, 1.54) is 4.90 Å². The normalized spacial score (nSPS) is 10.7. The molecule has 128 valence electrons. The first-order valence-electron chi connectivity index (χ1n) is 8.15. The van der Waals surface area contributed by atoms with E-state index in [1.807, 2.05) is 56.3 Å². The van der Waals surface area contributed by atoms with E-state index in [1.54, 1.807) is 13.2 Å². The minimum Gasteiger partial charge on any atom is -0.360 e. The minimum atomic E-state index is -0.218. The number of anilines is 1. The summed E-state index contributed by atoms with van der Waals surface area (Å²) in [6, 6.07) is 13.4. The van der Waals surface area contributed by atoms with Crippen molar-refractivity contribution in [1.82, 2.24) is 9.88 Å². The van der Waals surface area contributed by atoms with Crippen LogP contribution < -0.4 is 5.32 Å². The molecule has 0 saturated carbocycles. The van der Waals surface area contributed by atoms with Crippen LogP contribution in [-0.2, 0) is 4.79 Å². The number of rotatable bonds is 4. The summed E-state index contributed by atoms with van der Waals surface area (Å²) in [6.45, 7) is 3.95. The number of nitrogens with zero attached hydrogens (tertiary/aromatic N) is 1. The number of hydrogen-bond donors (Lipinski definition) is 2. The van der Waals surface area contributed by atoms with E-state index in [2.05, 4.69) is 10.3 Å². The van der Waals surface area contributed by atoms with Crippen molar-refractivity contribution in [3.8, 4) is 0 Å². The maximum atomic E-state index is 12.7. The Morgan fingerprint density at radius 3 is 2.64 bits per heavy atom. The molecule has 5 heteroatoms. The lowest BCUT2D eigenvalue weighted by atomic mass is 10.1. The van der Waals surface area contributed by atoms with Crippen LogP contribution in [0.2, 0.25) is 0 Å². The number of nitrogens with one attached hydrogen (secondary N) is 2. The van der Waals surface area contributed by atoms with Gasteiger partial charge in [-0.2, -0.15) is 0 Å². The van der Waals surface area contributed by atoms with Crippen LogP contribution in [0.4, 0.5) is 5.69 Å². The maximum Gasteiger partial charge on any atom is 0.256 e. The number of aromatic nitrogens is 1. The van der Waals surface area contributed by atoms with Gasteiger partial charge in [0.05, 0.1) is 12.1 Å². The third-order valence-electron chi connectivity index (χ3n) is 4.43. The Morgan fingerprint density at radius 2 is 1.84 bits per heavy atom. The first-order chi connectivity index (χ1) is 12.0. The second kappa shape index (κ2) is 6.81. The predicted octanol–water partition coefficient (Wildman–Crippen LogP) is 3.50. The van der Waals surface area contributed by atoms with E-state index in [9.17, 15) is 9.59 Å².